The zero-order chi connectivity index (χ0) is 13.8. The van der Waals surface area contributed by atoms with Gasteiger partial charge >= 0.3 is 0 Å². The Balaban J connectivity index is 2.30. The number of fused-ring (bicyclic) bond motifs is 1. The molecule has 0 aliphatic carbocycles. The van der Waals surface area contributed by atoms with E-state index in [9.17, 15) is 9.59 Å². The molecular weight excluding hydrogens is 242 g/mol. The number of amides is 1. The first-order chi connectivity index (χ1) is 9.13. The van der Waals surface area contributed by atoms with Gasteiger partial charge in [-0.25, -0.2) is 0 Å². The summed E-state index contributed by atoms with van der Waals surface area (Å²) in [6.45, 7) is 0.497. The summed E-state index contributed by atoms with van der Waals surface area (Å²) in [4.78, 5) is 23.0. The fourth-order valence-electron chi connectivity index (χ4n) is 1.99. The van der Waals surface area contributed by atoms with Crippen molar-refractivity contribution in [3.05, 3.63) is 40.7 Å². The van der Waals surface area contributed by atoms with Gasteiger partial charge < -0.3 is 15.2 Å². The van der Waals surface area contributed by atoms with Crippen molar-refractivity contribution in [1.29, 1.82) is 0 Å². The number of aromatic nitrogens is 1. The van der Waals surface area contributed by atoms with Crippen molar-refractivity contribution in [2.75, 3.05) is 18.9 Å². The second-order valence-corrected chi connectivity index (χ2v) is 4.32. The molecule has 0 spiro atoms. The summed E-state index contributed by atoms with van der Waals surface area (Å²) in [5, 5.41) is 6.68. The Morgan fingerprint density at radius 2 is 2.05 bits per heavy atom. The Hall–Kier alpha value is -2.30. The third-order valence-electron chi connectivity index (χ3n) is 3.10. The molecule has 0 aliphatic rings. The second-order valence-electron chi connectivity index (χ2n) is 4.32. The average Bonchev–Trinajstić information content (AvgIpc) is 2.44. The van der Waals surface area contributed by atoms with Gasteiger partial charge in [-0.15, -0.1) is 0 Å². The van der Waals surface area contributed by atoms with Gasteiger partial charge in [0.05, 0.1) is 5.52 Å². The topological polar surface area (TPSA) is 63.1 Å². The van der Waals surface area contributed by atoms with Crippen molar-refractivity contribution in [3.8, 4) is 0 Å². The number of nitrogens with zero attached hydrogens (tertiary/aromatic N) is 1. The van der Waals surface area contributed by atoms with Crippen LogP contribution >= 0.6 is 0 Å². The molecule has 0 bridgehead atoms. The molecule has 2 rings (SSSR count). The number of aryl methyl sites for hydroxylation is 1. The zero-order valence-corrected chi connectivity index (χ0v) is 11.1. The summed E-state index contributed by atoms with van der Waals surface area (Å²) in [7, 11) is 3.36. The minimum absolute atomic E-state index is 0.0272. The van der Waals surface area contributed by atoms with E-state index in [2.05, 4.69) is 10.6 Å². The first-order valence-electron chi connectivity index (χ1n) is 6.16. The molecule has 0 atom stereocenters. The van der Waals surface area contributed by atoms with Gasteiger partial charge in [-0.3, -0.25) is 9.59 Å². The molecule has 0 fully saturated rings. The molecule has 100 valence electrons. The van der Waals surface area contributed by atoms with Crippen molar-refractivity contribution in [2.24, 2.45) is 7.05 Å². The van der Waals surface area contributed by atoms with Crippen LogP contribution in [-0.2, 0) is 11.8 Å². The van der Waals surface area contributed by atoms with Gasteiger partial charge in [-0.1, -0.05) is 18.2 Å². The maximum atomic E-state index is 11.9. The Bertz CT molecular complexity index is 661. The van der Waals surface area contributed by atoms with Gasteiger partial charge in [0.15, 0.2) is 0 Å². The van der Waals surface area contributed by atoms with E-state index in [1.807, 2.05) is 24.3 Å². The number of carbonyl (C=O) groups is 1. The highest BCUT2D eigenvalue weighted by atomic mass is 16.1. The van der Waals surface area contributed by atoms with Gasteiger partial charge in [0.2, 0.25) is 5.91 Å². The summed E-state index contributed by atoms with van der Waals surface area (Å²) >= 11 is 0. The normalized spacial score (nSPS) is 10.4. The fraction of sp³-hybridized carbons (Fsp3) is 0.286. The number of anilines is 1. The first-order valence-corrected chi connectivity index (χ1v) is 6.16. The molecule has 0 unspecified atom stereocenters. The van der Waals surface area contributed by atoms with Crippen molar-refractivity contribution in [1.82, 2.24) is 9.88 Å². The number of carbonyl (C=O) groups excluding carboxylic acids is 1. The lowest BCUT2D eigenvalue weighted by Crippen LogP contribution is -2.22. The number of hydrogen-bond donors (Lipinski definition) is 2. The molecular formula is C14H17N3O2. The van der Waals surface area contributed by atoms with Gasteiger partial charge in [-0.2, -0.15) is 0 Å². The van der Waals surface area contributed by atoms with Crippen molar-refractivity contribution < 1.29 is 4.79 Å². The molecule has 5 heteroatoms. The number of benzene rings is 1. The van der Waals surface area contributed by atoms with Crippen molar-refractivity contribution in [2.45, 2.75) is 6.42 Å². The van der Waals surface area contributed by atoms with Crippen LogP contribution in [-0.4, -0.2) is 24.1 Å². The maximum absolute atomic E-state index is 11.9. The number of para-hydroxylation sites is 1. The Morgan fingerprint density at radius 3 is 2.79 bits per heavy atom. The van der Waals surface area contributed by atoms with Crippen molar-refractivity contribution >= 4 is 22.5 Å². The Kier molecular flexibility index (Phi) is 3.85. The van der Waals surface area contributed by atoms with Crippen LogP contribution in [0.25, 0.3) is 10.9 Å². The van der Waals surface area contributed by atoms with Crippen LogP contribution in [0.5, 0.6) is 0 Å². The lowest BCUT2D eigenvalue weighted by molar-refractivity contribution is -0.120. The molecule has 2 aromatic rings. The van der Waals surface area contributed by atoms with Gasteiger partial charge in [0, 0.05) is 44.2 Å². The minimum atomic E-state index is -0.0684. The van der Waals surface area contributed by atoms with Crippen molar-refractivity contribution in [3.63, 3.8) is 0 Å². The highest BCUT2D eigenvalue weighted by molar-refractivity contribution is 5.91. The van der Waals surface area contributed by atoms with E-state index < -0.39 is 0 Å². The van der Waals surface area contributed by atoms with Crippen LogP contribution in [0, 0.1) is 0 Å². The molecule has 1 aromatic heterocycles. The molecule has 0 radical (unpaired) electrons. The Morgan fingerprint density at radius 1 is 1.32 bits per heavy atom. The molecule has 0 saturated carbocycles. The van der Waals surface area contributed by atoms with Crippen LogP contribution < -0.4 is 16.2 Å². The van der Waals surface area contributed by atoms with E-state index in [1.165, 1.54) is 0 Å². The highest BCUT2D eigenvalue weighted by Gasteiger charge is 2.06. The highest BCUT2D eigenvalue weighted by Crippen LogP contribution is 2.20. The predicted molar refractivity (Wildman–Crippen MR) is 76.4 cm³/mol. The van der Waals surface area contributed by atoms with E-state index in [0.29, 0.717) is 13.0 Å². The molecule has 1 heterocycles. The zero-order valence-electron chi connectivity index (χ0n) is 11.1. The number of pyridine rings is 1. The van der Waals surface area contributed by atoms with Gasteiger partial charge in [0.1, 0.15) is 0 Å². The summed E-state index contributed by atoms with van der Waals surface area (Å²) in [5.41, 5.74) is 1.57. The molecule has 2 N–H and O–H groups in total. The molecule has 19 heavy (non-hydrogen) atoms. The maximum Gasteiger partial charge on any atom is 0.252 e. The molecule has 1 amide bonds. The summed E-state index contributed by atoms with van der Waals surface area (Å²) in [6.07, 6.45) is 0.375. The second kappa shape index (κ2) is 5.56. The van der Waals surface area contributed by atoms with Crippen LogP contribution in [0.3, 0.4) is 0 Å². The number of nitrogens with one attached hydrogen (secondary N) is 2. The lowest BCUT2D eigenvalue weighted by Gasteiger charge is -2.11. The van der Waals surface area contributed by atoms with E-state index in [-0.39, 0.29) is 11.5 Å². The monoisotopic (exact) mass is 259 g/mol. The third-order valence-corrected chi connectivity index (χ3v) is 3.10. The average molecular weight is 259 g/mol. The first kappa shape index (κ1) is 13.1. The van der Waals surface area contributed by atoms with E-state index in [0.717, 1.165) is 16.6 Å². The van der Waals surface area contributed by atoms with E-state index >= 15 is 0 Å². The van der Waals surface area contributed by atoms with E-state index in [1.54, 1.807) is 24.7 Å². The number of rotatable bonds is 4. The number of hydrogen-bond acceptors (Lipinski definition) is 3. The van der Waals surface area contributed by atoms with Crippen LogP contribution in [0.4, 0.5) is 5.69 Å². The summed E-state index contributed by atoms with van der Waals surface area (Å²) in [5.74, 6) is -0.0272. The molecule has 0 saturated heterocycles. The van der Waals surface area contributed by atoms with Crippen LogP contribution in [0.1, 0.15) is 6.42 Å². The van der Waals surface area contributed by atoms with Gasteiger partial charge in [0.25, 0.3) is 5.56 Å². The third kappa shape index (κ3) is 2.76. The lowest BCUT2D eigenvalue weighted by atomic mass is 10.1. The molecule has 0 aliphatic heterocycles. The van der Waals surface area contributed by atoms with Crippen LogP contribution in [0.2, 0.25) is 0 Å². The fourth-order valence-corrected chi connectivity index (χ4v) is 1.99. The molecule has 1 aromatic carbocycles. The van der Waals surface area contributed by atoms with Crippen LogP contribution in [0.15, 0.2) is 35.1 Å². The summed E-state index contributed by atoms with van der Waals surface area (Å²) in [6, 6.07) is 9.25. The smallest absolute Gasteiger partial charge is 0.252 e. The van der Waals surface area contributed by atoms with E-state index in [4.69, 9.17) is 0 Å². The Labute approximate surface area is 111 Å². The van der Waals surface area contributed by atoms with Gasteiger partial charge in [-0.05, 0) is 6.07 Å². The standard InChI is InChI=1S/C14H17N3O2/c1-15-13(18)7-8-16-11-9-14(19)17(2)12-6-4-3-5-10(11)12/h3-6,9,16H,7-8H2,1-2H3,(H,15,18). The molecule has 5 nitrogen and oxygen atoms in total. The predicted octanol–water partition coefficient (Wildman–Crippen LogP) is 1.09. The quantitative estimate of drug-likeness (QED) is 0.864. The minimum Gasteiger partial charge on any atom is -0.384 e. The summed E-state index contributed by atoms with van der Waals surface area (Å²) < 4.78 is 1.61. The largest absolute Gasteiger partial charge is 0.384 e. The SMILES string of the molecule is CNC(=O)CCNc1cc(=O)n(C)c2ccccc12.